The van der Waals surface area contributed by atoms with Crippen LogP contribution >= 0.6 is 11.3 Å². The van der Waals surface area contributed by atoms with Crippen molar-refractivity contribution in [3.05, 3.63) is 81.8 Å². The number of fused-ring (bicyclic) bond motifs is 1. The van der Waals surface area contributed by atoms with Crippen molar-refractivity contribution in [3.63, 3.8) is 0 Å². The largest absolute Gasteiger partial charge is 0.487 e. The third kappa shape index (κ3) is 3.60. The molecule has 0 saturated carbocycles. The molecule has 0 radical (unpaired) electrons. The van der Waals surface area contributed by atoms with Gasteiger partial charge in [0.05, 0.1) is 6.04 Å². The van der Waals surface area contributed by atoms with Crippen LogP contribution in [0.1, 0.15) is 41.6 Å². The standard InChI is InChI=1S/C21H22N2OS/c1-21(2)13-17-12-15(8-9-18(17)24-21)14-23-19(20-22-10-11-25-20)16-6-4-3-5-7-16/h3-12,19,23H,13-14H2,1-2H3. The molecular formula is C21H22N2OS. The van der Waals surface area contributed by atoms with Crippen LogP contribution in [-0.4, -0.2) is 10.6 Å². The monoisotopic (exact) mass is 350 g/mol. The van der Waals surface area contributed by atoms with Crippen LogP contribution in [0.2, 0.25) is 0 Å². The number of nitrogens with zero attached hydrogens (tertiary/aromatic N) is 1. The Bertz CT molecular complexity index is 844. The zero-order valence-electron chi connectivity index (χ0n) is 14.5. The Kier molecular flexibility index (Phi) is 4.32. The molecule has 4 heteroatoms. The summed E-state index contributed by atoms with van der Waals surface area (Å²) in [7, 11) is 0. The van der Waals surface area contributed by atoms with Crippen LogP contribution in [0.15, 0.2) is 60.1 Å². The molecule has 0 fully saturated rings. The fourth-order valence-corrected chi connectivity index (χ4v) is 4.10. The van der Waals surface area contributed by atoms with E-state index in [-0.39, 0.29) is 11.6 Å². The van der Waals surface area contributed by atoms with Gasteiger partial charge >= 0.3 is 0 Å². The molecule has 2 aromatic carbocycles. The number of nitrogens with one attached hydrogen (secondary N) is 1. The molecule has 1 N–H and O–H groups in total. The van der Waals surface area contributed by atoms with Crippen molar-refractivity contribution in [3.8, 4) is 5.75 Å². The van der Waals surface area contributed by atoms with Crippen molar-refractivity contribution in [2.45, 2.75) is 38.5 Å². The predicted molar refractivity (Wildman–Crippen MR) is 102 cm³/mol. The molecule has 1 aliphatic rings. The average molecular weight is 350 g/mol. The maximum absolute atomic E-state index is 5.97. The van der Waals surface area contributed by atoms with E-state index in [0.29, 0.717) is 0 Å². The lowest BCUT2D eigenvalue weighted by Crippen LogP contribution is -2.24. The zero-order chi connectivity index (χ0) is 17.3. The predicted octanol–water partition coefficient (Wildman–Crippen LogP) is 4.74. The summed E-state index contributed by atoms with van der Waals surface area (Å²) < 4.78 is 5.97. The highest BCUT2D eigenvalue weighted by atomic mass is 32.1. The van der Waals surface area contributed by atoms with Crippen LogP contribution in [-0.2, 0) is 13.0 Å². The van der Waals surface area contributed by atoms with Gasteiger partial charge in [0.1, 0.15) is 16.4 Å². The maximum Gasteiger partial charge on any atom is 0.123 e. The van der Waals surface area contributed by atoms with Gasteiger partial charge in [0.15, 0.2) is 0 Å². The first kappa shape index (κ1) is 16.3. The van der Waals surface area contributed by atoms with Gasteiger partial charge in [0.25, 0.3) is 0 Å². The van der Waals surface area contributed by atoms with E-state index in [1.807, 2.05) is 17.6 Å². The molecule has 1 aliphatic heterocycles. The highest BCUT2D eigenvalue weighted by molar-refractivity contribution is 7.09. The molecule has 1 aromatic heterocycles. The number of thiazole rings is 1. The van der Waals surface area contributed by atoms with E-state index in [0.717, 1.165) is 23.7 Å². The van der Waals surface area contributed by atoms with Crippen LogP contribution in [0.25, 0.3) is 0 Å². The van der Waals surface area contributed by atoms with Crippen LogP contribution < -0.4 is 10.1 Å². The smallest absolute Gasteiger partial charge is 0.123 e. The number of hydrogen-bond acceptors (Lipinski definition) is 4. The van der Waals surface area contributed by atoms with Crippen molar-refractivity contribution < 1.29 is 4.74 Å². The van der Waals surface area contributed by atoms with Crippen molar-refractivity contribution in [1.29, 1.82) is 0 Å². The number of rotatable bonds is 5. The Morgan fingerprint density at radius 2 is 2.04 bits per heavy atom. The lowest BCUT2D eigenvalue weighted by molar-refractivity contribution is 0.138. The first-order chi connectivity index (χ1) is 12.1. The van der Waals surface area contributed by atoms with Crippen molar-refractivity contribution in [1.82, 2.24) is 10.3 Å². The summed E-state index contributed by atoms with van der Waals surface area (Å²) in [5.41, 5.74) is 3.72. The molecule has 0 amide bonds. The highest BCUT2D eigenvalue weighted by Crippen LogP contribution is 2.35. The van der Waals surface area contributed by atoms with Crippen molar-refractivity contribution in [2.24, 2.45) is 0 Å². The van der Waals surface area contributed by atoms with Gasteiger partial charge < -0.3 is 10.1 Å². The summed E-state index contributed by atoms with van der Waals surface area (Å²) in [6, 6.07) is 17.1. The van der Waals surface area contributed by atoms with Gasteiger partial charge in [-0.05, 0) is 36.6 Å². The van der Waals surface area contributed by atoms with E-state index < -0.39 is 0 Å². The molecule has 2 heterocycles. The summed E-state index contributed by atoms with van der Waals surface area (Å²) in [4.78, 5) is 4.52. The molecule has 0 spiro atoms. The topological polar surface area (TPSA) is 34.2 Å². The SMILES string of the molecule is CC1(C)Cc2cc(CNC(c3ccccc3)c3nccs3)ccc2O1. The molecule has 128 valence electrons. The summed E-state index contributed by atoms with van der Waals surface area (Å²) >= 11 is 1.69. The van der Waals surface area contributed by atoms with E-state index in [1.54, 1.807) is 11.3 Å². The van der Waals surface area contributed by atoms with Crippen molar-refractivity contribution >= 4 is 11.3 Å². The molecule has 0 saturated heterocycles. The average Bonchev–Trinajstić information content (AvgIpc) is 3.22. The van der Waals surface area contributed by atoms with Gasteiger partial charge in [-0.1, -0.05) is 42.5 Å². The maximum atomic E-state index is 5.97. The Balaban J connectivity index is 1.53. The van der Waals surface area contributed by atoms with E-state index in [1.165, 1.54) is 16.7 Å². The van der Waals surface area contributed by atoms with Crippen molar-refractivity contribution in [2.75, 3.05) is 0 Å². The quantitative estimate of drug-likeness (QED) is 0.722. The van der Waals surface area contributed by atoms with Gasteiger partial charge in [-0.3, -0.25) is 0 Å². The van der Waals surface area contributed by atoms with Crippen LogP contribution in [0.3, 0.4) is 0 Å². The summed E-state index contributed by atoms with van der Waals surface area (Å²) in [5, 5.41) is 6.80. The molecule has 0 aliphatic carbocycles. The van der Waals surface area contributed by atoms with Gasteiger partial charge in [-0.25, -0.2) is 4.98 Å². The Labute approximate surface area is 152 Å². The summed E-state index contributed by atoms with van der Waals surface area (Å²) in [5.74, 6) is 1.02. The van der Waals surface area contributed by atoms with Gasteiger partial charge in [-0.15, -0.1) is 11.3 Å². The lowest BCUT2D eigenvalue weighted by atomic mass is 10.00. The van der Waals surface area contributed by atoms with Gasteiger partial charge in [-0.2, -0.15) is 0 Å². The van der Waals surface area contributed by atoms with E-state index >= 15 is 0 Å². The van der Waals surface area contributed by atoms with E-state index in [9.17, 15) is 0 Å². The number of benzene rings is 2. The minimum absolute atomic E-state index is 0.0954. The molecule has 3 aromatic rings. The third-order valence-electron chi connectivity index (χ3n) is 4.47. The number of aromatic nitrogens is 1. The number of hydrogen-bond donors (Lipinski definition) is 1. The van der Waals surface area contributed by atoms with Crippen LogP contribution in [0.5, 0.6) is 5.75 Å². The lowest BCUT2D eigenvalue weighted by Gasteiger charge is -2.17. The minimum Gasteiger partial charge on any atom is -0.487 e. The first-order valence-corrected chi connectivity index (χ1v) is 9.47. The fraction of sp³-hybridized carbons (Fsp3) is 0.286. The number of ether oxygens (including phenoxy) is 1. The second-order valence-corrected chi connectivity index (χ2v) is 8.00. The van der Waals surface area contributed by atoms with E-state index in [4.69, 9.17) is 4.74 Å². The molecule has 1 atom stereocenters. The summed E-state index contributed by atoms with van der Waals surface area (Å²) in [6.45, 7) is 5.07. The zero-order valence-corrected chi connectivity index (χ0v) is 15.3. The molecule has 4 rings (SSSR count). The van der Waals surface area contributed by atoms with E-state index in [2.05, 4.69) is 66.6 Å². The minimum atomic E-state index is -0.0954. The van der Waals surface area contributed by atoms with Gasteiger partial charge in [0.2, 0.25) is 0 Å². The van der Waals surface area contributed by atoms with Crippen LogP contribution in [0.4, 0.5) is 0 Å². The second kappa shape index (κ2) is 6.62. The Morgan fingerprint density at radius 1 is 1.20 bits per heavy atom. The Morgan fingerprint density at radius 3 is 2.80 bits per heavy atom. The molecular weight excluding hydrogens is 328 g/mol. The molecule has 3 nitrogen and oxygen atoms in total. The normalized spacial score (nSPS) is 16.2. The Hall–Kier alpha value is -2.17. The first-order valence-electron chi connectivity index (χ1n) is 8.59. The molecule has 25 heavy (non-hydrogen) atoms. The molecule has 0 bridgehead atoms. The highest BCUT2D eigenvalue weighted by Gasteiger charge is 2.29. The van der Waals surface area contributed by atoms with Crippen LogP contribution in [0, 0.1) is 0 Å². The second-order valence-electron chi connectivity index (χ2n) is 7.08. The fourth-order valence-electron chi connectivity index (χ4n) is 3.36. The van der Waals surface area contributed by atoms with Gasteiger partial charge in [0, 0.05) is 24.5 Å². The third-order valence-corrected chi connectivity index (χ3v) is 5.31. The summed E-state index contributed by atoms with van der Waals surface area (Å²) in [6.07, 6.45) is 2.83. The molecule has 1 unspecified atom stereocenters.